The summed E-state index contributed by atoms with van der Waals surface area (Å²) >= 11 is 2.90. The molecule has 0 spiro atoms. The number of carbonyl (C=O) groups excluding carboxylic acids is 1. The molecule has 0 radical (unpaired) electrons. The molecule has 0 saturated carbocycles. The van der Waals surface area contributed by atoms with Crippen molar-refractivity contribution in [3.05, 3.63) is 70.8 Å². The van der Waals surface area contributed by atoms with Gasteiger partial charge in [-0.1, -0.05) is 71.6 Å². The molecule has 7 heteroatoms. The SMILES string of the molecule is CC(NC(=O)CSc1nnc(NCc2ccccc2)s1)c1ccc2c(c1)CCCC2. The lowest BCUT2D eigenvalue weighted by molar-refractivity contribution is -0.119. The van der Waals surface area contributed by atoms with Crippen molar-refractivity contribution < 1.29 is 4.79 Å². The first kappa shape index (κ1) is 20.9. The molecule has 0 saturated heterocycles. The molecule has 1 aromatic heterocycles. The minimum Gasteiger partial charge on any atom is -0.356 e. The number of nitrogens with one attached hydrogen (secondary N) is 2. The zero-order valence-corrected chi connectivity index (χ0v) is 18.7. The van der Waals surface area contributed by atoms with E-state index in [9.17, 15) is 4.79 Å². The van der Waals surface area contributed by atoms with Gasteiger partial charge in [-0.2, -0.15) is 0 Å². The minimum absolute atomic E-state index is 0.00264. The van der Waals surface area contributed by atoms with E-state index >= 15 is 0 Å². The molecule has 0 bridgehead atoms. The molecule has 30 heavy (non-hydrogen) atoms. The molecule has 1 aliphatic rings. The maximum absolute atomic E-state index is 12.4. The zero-order chi connectivity index (χ0) is 20.8. The fraction of sp³-hybridized carbons (Fsp3) is 0.348. The van der Waals surface area contributed by atoms with E-state index in [0.29, 0.717) is 12.3 Å². The summed E-state index contributed by atoms with van der Waals surface area (Å²) in [7, 11) is 0. The van der Waals surface area contributed by atoms with Crippen LogP contribution >= 0.6 is 23.1 Å². The molecular formula is C23H26N4OS2. The van der Waals surface area contributed by atoms with Crippen LogP contribution in [0.2, 0.25) is 0 Å². The van der Waals surface area contributed by atoms with Gasteiger partial charge in [0.25, 0.3) is 0 Å². The fourth-order valence-corrected chi connectivity index (χ4v) is 5.19. The Balaban J connectivity index is 1.24. The van der Waals surface area contributed by atoms with E-state index in [1.807, 2.05) is 25.1 Å². The topological polar surface area (TPSA) is 66.9 Å². The van der Waals surface area contributed by atoms with Crippen LogP contribution in [0.5, 0.6) is 0 Å². The van der Waals surface area contributed by atoms with Crippen LogP contribution in [-0.2, 0) is 24.2 Å². The summed E-state index contributed by atoms with van der Waals surface area (Å²) in [6, 6.07) is 16.8. The highest BCUT2D eigenvalue weighted by Crippen LogP contribution is 2.27. The molecule has 4 rings (SSSR count). The van der Waals surface area contributed by atoms with E-state index in [-0.39, 0.29) is 11.9 Å². The highest BCUT2D eigenvalue weighted by atomic mass is 32.2. The Morgan fingerprint density at radius 1 is 1.10 bits per heavy atom. The van der Waals surface area contributed by atoms with Crippen LogP contribution in [0.3, 0.4) is 0 Å². The van der Waals surface area contributed by atoms with E-state index in [1.165, 1.54) is 64.6 Å². The molecule has 1 unspecified atom stereocenters. The molecule has 0 fully saturated rings. The average molecular weight is 439 g/mol. The van der Waals surface area contributed by atoms with Crippen molar-refractivity contribution in [2.45, 2.75) is 49.5 Å². The van der Waals surface area contributed by atoms with Crippen molar-refractivity contribution in [1.29, 1.82) is 0 Å². The molecule has 156 valence electrons. The third-order valence-corrected chi connectivity index (χ3v) is 7.28. The van der Waals surface area contributed by atoms with Crippen LogP contribution in [0.4, 0.5) is 5.13 Å². The van der Waals surface area contributed by atoms with Gasteiger partial charge in [-0.05, 0) is 54.9 Å². The number of aryl methyl sites for hydroxylation is 2. The highest BCUT2D eigenvalue weighted by Gasteiger charge is 2.15. The zero-order valence-electron chi connectivity index (χ0n) is 17.1. The Morgan fingerprint density at radius 3 is 2.73 bits per heavy atom. The van der Waals surface area contributed by atoms with Crippen LogP contribution in [-0.4, -0.2) is 21.9 Å². The number of hydrogen-bond acceptors (Lipinski definition) is 6. The minimum atomic E-state index is 0.00264. The first-order valence-electron chi connectivity index (χ1n) is 10.3. The number of nitrogens with zero attached hydrogens (tertiary/aromatic N) is 2. The lowest BCUT2D eigenvalue weighted by Gasteiger charge is -2.20. The number of amides is 1. The average Bonchev–Trinajstić information content (AvgIpc) is 3.24. The van der Waals surface area contributed by atoms with Crippen molar-refractivity contribution in [2.75, 3.05) is 11.1 Å². The number of rotatable bonds is 8. The van der Waals surface area contributed by atoms with Gasteiger partial charge in [0.15, 0.2) is 4.34 Å². The van der Waals surface area contributed by atoms with Gasteiger partial charge >= 0.3 is 0 Å². The Labute approximate surface area is 185 Å². The number of thioether (sulfide) groups is 1. The maximum atomic E-state index is 12.4. The van der Waals surface area contributed by atoms with Gasteiger partial charge in [-0.3, -0.25) is 4.79 Å². The van der Waals surface area contributed by atoms with E-state index in [0.717, 1.165) is 15.9 Å². The van der Waals surface area contributed by atoms with Crippen LogP contribution in [0.25, 0.3) is 0 Å². The van der Waals surface area contributed by atoms with E-state index < -0.39 is 0 Å². The molecule has 2 aromatic carbocycles. The van der Waals surface area contributed by atoms with Crippen LogP contribution < -0.4 is 10.6 Å². The molecular weight excluding hydrogens is 412 g/mol. The van der Waals surface area contributed by atoms with Gasteiger partial charge in [-0.25, -0.2) is 0 Å². The number of anilines is 1. The van der Waals surface area contributed by atoms with Crippen molar-refractivity contribution >= 4 is 34.1 Å². The predicted octanol–water partition coefficient (Wildman–Crippen LogP) is 5.00. The Bertz CT molecular complexity index is 990. The Morgan fingerprint density at radius 2 is 1.90 bits per heavy atom. The standard InChI is InChI=1S/C23H26N4OS2/c1-16(19-12-11-18-9-5-6-10-20(18)13-19)25-21(28)15-29-23-27-26-22(30-23)24-14-17-7-3-2-4-8-17/h2-4,7-8,11-13,16H,5-6,9-10,14-15H2,1H3,(H,24,26)(H,25,28). The molecule has 3 aromatic rings. The van der Waals surface area contributed by atoms with Crippen molar-refractivity contribution in [3.63, 3.8) is 0 Å². The van der Waals surface area contributed by atoms with Crippen LogP contribution in [0.1, 0.15) is 48.1 Å². The highest BCUT2D eigenvalue weighted by molar-refractivity contribution is 8.01. The lowest BCUT2D eigenvalue weighted by atomic mass is 9.89. The number of aromatic nitrogens is 2. The van der Waals surface area contributed by atoms with Crippen molar-refractivity contribution in [1.82, 2.24) is 15.5 Å². The maximum Gasteiger partial charge on any atom is 0.230 e. The van der Waals surface area contributed by atoms with Crippen molar-refractivity contribution in [3.8, 4) is 0 Å². The summed E-state index contributed by atoms with van der Waals surface area (Å²) in [6.07, 6.45) is 4.87. The quantitative estimate of drug-likeness (QED) is 0.485. The summed E-state index contributed by atoms with van der Waals surface area (Å²) in [5.41, 5.74) is 5.28. The normalized spacial score (nSPS) is 14.0. The van der Waals surface area contributed by atoms with Crippen LogP contribution in [0, 0.1) is 0 Å². The Kier molecular flexibility index (Phi) is 7.02. The second-order valence-electron chi connectivity index (χ2n) is 7.53. The van der Waals surface area contributed by atoms with E-state index in [4.69, 9.17) is 0 Å². The second kappa shape index (κ2) is 10.1. The number of hydrogen-bond donors (Lipinski definition) is 2. The molecule has 1 atom stereocenters. The summed E-state index contributed by atoms with van der Waals surface area (Å²) in [4.78, 5) is 12.4. The summed E-state index contributed by atoms with van der Waals surface area (Å²) in [5.74, 6) is 0.349. The summed E-state index contributed by atoms with van der Waals surface area (Å²) < 4.78 is 0.794. The van der Waals surface area contributed by atoms with Gasteiger partial charge in [0, 0.05) is 6.54 Å². The van der Waals surface area contributed by atoms with Gasteiger partial charge in [0.1, 0.15) is 0 Å². The van der Waals surface area contributed by atoms with E-state index in [1.54, 1.807) is 0 Å². The summed E-state index contributed by atoms with van der Waals surface area (Å²) in [6.45, 7) is 2.75. The number of fused-ring (bicyclic) bond motifs is 1. The van der Waals surface area contributed by atoms with Crippen LogP contribution in [0.15, 0.2) is 52.9 Å². The van der Waals surface area contributed by atoms with Gasteiger partial charge in [0.2, 0.25) is 11.0 Å². The van der Waals surface area contributed by atoms with E-state index in [2.05, 4.69) is 51.2 Å². The Hall–Kier alpha value is -2.38. The van der Waals surface area contributed by atoms with Crippen molar-refractivity contribution in [2.24, 2.45) is 0 Å². The third kappa shape index (κ3) is 5.61. The first-order valence-corrected chi connectivity index (χ1v) is 12.1. The predicted molar refractivity (Wildman–Crippen MR) is 124 cm³/mol. The smallest absolute Gasteiger partial charge is 0.230 e. The molecule has 1 heterocycles. The fourth-order valence-electron chi connectivity index (χ4n) is 3.63. The van der Waals surface area contributed by atoms with Gasteiger partial charge in [-0.15, -0.1) is 10.2 Å². The number of carbonyl (C=O) groups is 1. The molecule has 1 aliphatic carbocycles. The largest absolute Gasteiger partial charge is 0.356 e. The third-order valence-electron chi connectivity index (χ3n) is 5.27. The number of benzene rings is 2. The molecule has 0 aliphatic heterocycles. The molecule has 1 amide bonds. The monoisotopic (exact) mass is 438 g/mol. The summed E-state index contributed by atoms with van der Waals surface area (Å²) in [5, 5.41) is 15.5. The second-order valence-corrected chi connectivity index (χ2v) is 9.73. The first-order chi connectivity index (χ1) is 14.7. The molecule has 5 nitrogen and oxygen atoms in total. The van der Waals surface area contributed by atoms with Gasteiger partial charge in [0.05, 0.1) is 11.8 Å². The lowest BCUT2D eigenvalue weighted by Crippen LogP contribution is -2.28. The van der Waals surface area contributed by atoms with Gasteiger partial charge < -0.3 is 10.6 Å². The molecule has 2 N–H and O–H groups in total.